The van der Waals surface area contributed by atoms with Crippen LogP contribution in [0.3, 0.4) is 0 Å². The molecular weight excluding hydrogens is 288 g/mol. The SMILES string of the molecule is O=C1C(SCCO)=C(SCCO)C(=O)c2[nH]cnc21. The number of rotatable bonds is 6. The van der Waals surface area contributed by atoms with E-state index in [1.165, 1.54) is 6.33 Å². The van der Waals surface area contributed by atoms with Gasteiger partial charge in [-0.25, -0.2) is 4.98 Å². The highest BCUT2D eigenvalue weighted by atomic mass is 32.2. The highest BCUT2D eigenvalue weighted by Crippen LogP contribution is 2.36. The molecule has 0 fully saturated rings. The zero-order chi connectivity index (χ0) is 13.8. The smallest absolute Gasteiger partial charge is 0.221 e. The lowest BCUT2D eigenvalue weighted by molar-refractivity contribution is 0.0983. The molecule has 0 aliphatic heterocycles. The van der Waals surface area contributed by atoms with Gasteiger partial charge < -0.3 is 15.2 Å². The predicted octanol–water partition coefficient (Wildman–Crippen LogP) is 0.451. The van der Waals surface area contributed by atoms with Crippen LogP contribution in [0.15, 0.2) is 16.1 Å². The number of ketones is 2. The quantitative estimate of drug-likeness (QED) is 0.701. The first-order valence-corrected chi connectivity index (χ1v) is 7.52. The summed E-state index contributed by atoms with van der Waals surface area (Å²) in [4.78, 5) is 31.6. The molecule has 1 heterocycles. The number of carbonyl (C=O) groups excluding carboxylic acids is 2. The van der Waals surface area contributed by atoms with Crippen molar-refractivity contribution in [2.24, 2.45) is 0 Å². The summed E-state index contributed by atoms with van der Waals surface area (Å²) in [5, 5.41) is 17.7. The first-order chi connectivity index (χ1) is 9.20. The Hall–Kier alpha value is -1.09. The van der Waals surface area contributed by atoms with Crippen LogP contribution in [0.5, 0.6) is 0 Å². The van der Waals surface area contributed by atoms with Crippen LogP contribution in [0.4, 0.5) is 0 Å². The normalized spacial score (nSPS) is 15.1. The molecule has 6 nitrogen and oxygen atoms in total. The summed E-state index contributed by atoms with van der Waals surface area (Å²) in [6.45, 7) is -0.162. The average molecular weight is 300 g/mol. The zero-order valence-corrected chi connectivity index (χ0v) is 11.5. The molecule has 0 saturated carbocycles. The van der Waals surface area contributed by atoms with Crippen LogP contribution in [0.1, 0.15) is 21.0 Å². The summed E-state index contributed by atoms with van der Waals surface area (Å²) in [5.74, 6) is 0.0684. The number of aliphatic hydroxyl groups excluding tert-OH is 2. The lowest BCUT2D eigenvalue weighted by Gasteiger charge is -2.16. The molecule has 1 aromatic heterocycles. The molecule has 0 amide bonds. The molecule has 0 radical (unpaired) electrons. The first kappa shape index (κ1) is 14.3. The molecule has 1 aliphatic rings. The summed E-state index contributed by atoms with van der Waals surface area (Å²) in [5.41, 5.74) is 0.317. The number of aromatic amines is 1. The first-order valence-electron chi connectivity index (χ1n) is 5.55. The largest absolute Gasteiger partial charge is 0.396 e. The van der Waals surface area contributed by atoms with Crippen LogP contribution >= 0.6 is 23.5 Å². The molecule has 1 aromatic rings. The highest BCUT2D eigenvalue weighted by Gasteiger charge is 2.34. The second-order valence-electron chi connectivity index (χ2n) is 3.59. The number of imidazole rings is 1. The molecule has 19 heavy (non-hydrogen) atoms. The number of fused-ring (bicyclic) bond motifs is 1. The maximum Gasteiger partial charge on any atom is 0.221 e. The van der Waals surface area contributed by atoms with Crippen LogP contribution in [-0.4, -0.2) is 56.5 Å². The Morgan fingerprint density at radius 2 is 1.63 bits per heavy atom. The van der Waals surface area contributed by atoms with E-state index in [4.69, 9.17) is 10.2 Å². The van der Waals surface area contributed by atoms with Crippen molar-refractivity contribution in [3.8, 4) is 0 Å². The zero-order valence-electron chi connectivity index (χ0n) is 9.88. The summed E-state index contributed by atoms with van der Waals surface area (Å²) in [6, 6.07) is 0. The van der Waals surface area contributed by atoms with Crippen LogP contribution in [0, 0.1) is 0 Å². The molecule has 0 spiro atoms. The number of carbonyl (C=O) groups is 2. The predicted molar refractivity (Wildman–Crippen MR) is 73.4 cm³/mol. The standard InChI is InChI=1S/C11H12N2O4S2/c14-1-3-18-10-8(16)6-7(13-5-12-6)9(17)11(10)19-4-2-15/h5,14-15H,1-4H2,(H,12,13). The van der Waals surface area contributed by atoms with Crippen LogP contribution in [-0.2, 0) is 0 Å². The van der Waals surface area contributed by atoms with Crippen molar-refractivity contribution >= 4 is 35.1 Å². The Labute approximate surface area is 117 Å². The lowest BCUT2D eigenvalue weighted by Crippen LogP contribution is -2.20. The fourth-order valence-electron chi connectivity index (χ4n) is 1.62. The van der Waals surface area contributed by atoms with Crippen molar-refractivity contribution in [1.82, 2.24) is 9.97 Å². The summed E-state index contributed by atoms with van der Waals surface area (Å²) < 4.78 is 0. The molecule has 102 valence electrons. The fraction of sp³-hybridized carbons (Fsp3) is 0.364. The molecule has 2 rings (SSSR count). The Balaban J connectivity index is 2.38. The maximum absolute atomic E-state index is 12.2. The lowest BCUT2D eigenvalue weighted by atomic mass is 10.1. The van der Waals surface area contributed by atoms with Gasteiger partial charge in [-0.05, 0) is 0 Å². The topological polar surface area (TPSA) is 103 Å². The van der Waals surface area contributed by atoms with Crippen molar-refractivity contribution in [2.45, 2.75) is 0 Å². The average Bonchev–Trinajstić information content (AvgIpc) is 2.90. The molecule has 0 atom stereocenters. The monoisotopic (exact) mass is 300 g/mol. The number of hydrogen-bond donors (Lipinski definition) is 3. The Morgan fingerprint density at radius 3 is 2.21 bits per heavy atom. The number of allylic oxidation sites excluding steroid dienone is 2. The minimum Gasteiger partial charge on any atom is -0.396 e. The van der Waals surface area contributed by atoms with Gasteiger partial charge in [0.05, 0.1) is 29.4 Å². The van der Waals surface area contributed by atoms with E-state index in [0.717, 1.165) is 23.5 Å². The van der Waals surface area contributed by atoms with E-state index in [2.05, 4.69) is 9.97 Å². The number of hydrogen-bond acceptors (Lipinski definition) is 7. The van der Waals surface area contributed by atoms with Gasteiger partial charge in [0.1, 0.15) is 11.4 Å². The van der Waals surface area contributed by atoms with E-state index in [-0.39, 0.29) is 36.2 Å². The van der Waals surface area contributed by atoms with Gasteiger partial charge in [-0.3, -0.25) is 9.59 Å². The van der Waals surface area contributed by atoms with Gasteiger partial charge in [-0.1, -0.05) is 0 Å². The Bertz CT molecular complexity index is 494. The second-order valence-corrected chi connectivity index (χ2v) is 5.80. The number of aliphatic hydroxyl groups is 2. The molecular formula is C11H12N2O4S2. The second kappa shape index (κ2) is 6.38. The third-order valence-corrected chi connectivity index (χ3v) is 4.63. The van der Waals surface area contributed by atoms with Crippen molar-refractivity contribution in [3.05, 3.63) is 27.5 Å². The summed E-state index contributed by atoms with van der Waals surface area (Å²) >= 11 is 2.28. The Kier molecular flexibility index (Phi) is 4.81. The van der Waals surface area contributed by atoms with Gasteiger partial charge >= 0.3 is 0 Å². The van der Waals surface area contributed by atoms with Crippen molar-refractivity contribution in [1.29, 1.82) is 0 Å². The highest BCUT2D eigenvalue weighted by molar-refractivity contribution is 8.08. The van der Waals surface area contributed by atoms with E-state index in [1.807, 2.05) is 0 Å². The van der Waals surface area contributed by atoms with Gasteiger partial charge in [0.25, 0.3) is 0 Å². The minimum atomic E-state index is -0.310. The third kappa shape index (κ3) is 2.76. The molecule has 0 bridgehead atoms. The van der Waals surface area contributed by atoms with Gasteiger partial charge in [-0.15, -0.1) is 23.5 Å². The van der Waals surface area contributed by atoms with Crippen molar-refractivity contribution in [3.63, 3.8) is 0 Å². The van der Waals surface area contributed by atoms with Crippen LogP contribution in [0.25, 0.3) is 0 Å². The van der Waals surface area contributed by atoms with E-state index in [0.29, 0.717) is 21.3 Å². The van der Waals surface area contributed by atoms with Gasteiger partial charge in [0, 0.05) is 11.5 Å². The molecule has 8 heteroatoms. The van der Waals surface area contributed by atoms with Gasteiger partial charge in [-0.2, -0.15) is 0 Å². The van der Waals surface area contributed by atoms with Gasteiger partial charge in [0.2, 0.25) is 11.6 Å². The van der Waals surface area contributed by atoms with E-state index >= 15 is 0 Å². The van der Waals surface area contributed by atoms with E-state index < -0.39 is 0 Å². The van der Waals surface area contributed by atoms with Crippen molar-refractivity contribution < 1.29 is 19.8 Å². The molecule has 3 N–H and O–H groups in total. The molecule has 1 aliphatic carbocycles. The number of Topliss-reactive ketones (excluding diaryl/α,β-unsaturated/α-hetero) is 2. The van der Waals surface area contributed by atoms with E-state index in [1.54, 1.807) is 0 Å². The van der Waals surface area contributed by atoms with Crippen molar-refractivity contribution in [2.75, 3.05) is 24.7 Å². The molecule has 0 unspecified atom stereocenters. The van der Waals surface area contributed by atoms with Crippen LogP contribution in [0.2, 0.25) is 0 Å². The fourth-order valence-corrected chi connectivity index (χ4v) is 3.48. The molecule has 0 saturated heterocycles. The van der Waals surface area contributed by atoms with Crippen LogP contribution < -0.4 is 0 Å². The van der Waals surface area contributed by atoms with E-state index in [9.17, 15) is 9.59 Å². The number of thioether (sulfide) groups is 2. The minimum absolute atomic E-state index is 0.0799. The maximum atomic E-state index is 12.2. The Morgan fingerprint density at radius 1 is 1.05 bits per heavy atom. The summed E-state index contributed by atoms with van der Waals surface area (Å²) in [6.07, 6.45) is 1.31. The van der Waals surface area contributed by atoms with Gasteiger partial charge in [0.15, 0.2) is 0 Å². The third-order valence-electron chi connectivity index (χ3n) is 2.38. The number of H-pyrrole nitrogens is 1. The summed E-state index contributed by atoms with van der Waals surface area (Å²) in [7, 11) is 0. The number of aromatic nitrogens is 2. The number of nitrogens with one attached hydrogen (secondary N) is 1. The number of nitrogens with zero attached hydrogens (tertiary/aromatic N) is 1. The molecule has 0 aromatic carbocycles.